The van der Waals surface area contributed by atoms with E-state index >= 15 is 0 Å². The highest BCUT2D eigenvalue weighted by molar-refractivity contribution is 8.19. The van der Waals surface area contributed by atoms with E-state index in [2.05, 4.69) is 44.4 Å². The fourth-order valence-corrected chi connectivity index (χ4v) is 15.8. The number of rotatable bonds is 31. The molecule has 7 aliphatic heterocycles. The molecule has 94 heavy (non-hydrogen) atoms. The second-order valence-corrected chi connectivity index (χ2v) is 28.5. The summed E-state index contributed by atoms with van der Waals surface area (Å²) in [6.07, 6.45) is -17.5. The van der Waals surface area contributed by atoms with Crippen LogP contribution in [-0.4, -0.2) is 332 Å². The standard InChI is InChI=1S/C17H27B3NO10P.C12H22B3O10P.C12H21B2O10P.C8H8S2.BH.H2/c1-9-11(28-16(18)13(9)27-10(2)22)8-26-32(23,25-6-5-21-3)31-14-12(7-24-4)29-17(19)15(14)30-20;1-19-3-5-9(10(24-15)12(14)23-5)25-26(17,18)21-4-6-8(20-2)7(16)11(13)22-6;1-19-3-5-10(8(16)12(14)22-5)24-25(17,18)21-4-6-9(20-2)7(15)11(13)23-6;1-6-9-7-4-2-3-5-8(7)10-6;;/h9,11-17H,5-8,20H2,1-2,4H3;5-12,16H,3-4,15H2,1-2H3,(H,17,18);5-12,15-16H,3-4H2,1-2H3,(H,17,18);2-6H,1H3;2*1H/p-2/t9?,11-,12-,13+,14?,15+,16-,17-,32?;5-,6-,7+,8?,9?,10+,11-,12-;5-,6-,7+,8+,9?,10?,11-,12-;;;/m111.../s1/i20TD;15TD;;;1D;1+2. The molecule has 0 amide bonds. The molecule has 8 rings (SSSR count). The number of ether oxygens (including phenoxy) is 12. The average Bonchev–Trinajstić information content (AvgIpc) is 1.66. The van der Waals surface area contributed by atoms with E-state index in [1.54, 1.807) is 6.92 Å². The van der Waals surface area contributed by atoms with E-state index in [9.17, 15) is 43.6 Å². The number of fused-ring (bicyclic) bond motifs is 1. The zero-order valence-electron chi connectivity index (χ0n) is 57.6. The maximum Gasteiger partial charge on any atom is 0.475 e. The molecule has 0 aliphatic carbocycles. The molecule has 0 aromatic heterocycles. The Balaban J connectivity index is 0.000000360. The first-order valence-electron chi connectivity index (χ1n) is 31.4. The summed E-state index contributed by atoms with van der Waals surface area (Å²) >= 11 is 3.91. The van der Waals surface area contributed by atoms with Gasteiger partial charge in [-0.05, 0) is 20.4 Å². The molecule has 9 unspecified atom stereocenters. The van der Waals surface area contributed by atoms with Crippen molar-refractivity contribution in [1.82, 2.24) is 0 Å². The van der Waals surface area contributed by atoms with Crippen LogP contribution < -0.4 is 9.79 Å². The average molecular weight is 1430 g/mol. The maximum absolute atomic E-state index is 13.5. The summed E-state index contributed by atoms with van der Waals surface area (Å²) in [5.74, 6) is -0.924. The monoisotopic (exact) mass is 1430 g/mol. The third kappa shape index (κ3) is 24.4. The van der Waals surface area contributed by atoms with Crippen LogP contribution in [0.4, 0.5) is 0 Å². The van der Waals surface area contributed by atoms with Gasteiger partial charge in [0.05, 0.1) is 68.5 Å². The fraction of sp³-hybridized carbons (Fsp3) is 0.837. The number of carbonyl (C=O) groups excluding carboxylic acids is 1. The number of hydrogen-bond donors (Lipinski definition) is 3. The highest BCUT2D eigenvalue weighted by Crippen LogP contribution is 2.54. The van der Waals surface area contributed by atoms with Gasteiger partial charge in [-0.1, -0.05) is 19.1 Å². The molecule has 6 fully saturated rings. The fourth-order valence-electron chi connectivity index (χ4n) is 10.0. The Morgan fingerprint density at radius 2 is 0.989 bits per heavy atom. The Hall–Kier alpha value is -0.846. The number of benzene rings is 1. The van der Waals surface area contributed by atoms with Gasteiger partial charge in [0.15, 0.2) is 0 Å². The molecule has 1 aromatic rings. The van der Waals surface area contributed by atoms with Gasteiger partial charge in [0.25, 0.3) is 31.6 Å². The molecule has 14 radical (unpaired) electrons. The van der Waals surface area contributed by atoms with Crippen LogP contribution in [0.25, 0.3) is 4.85 Å². The molecule has 31 nitrogen and oxygen atoms in total. The minimum atomic E-state index is -4.94. The van der Waals surface area contributed by atoms with Crippen molar-refractivity contribution in [2.24, 2.45) is 5.92 Å². The molecule has 516 valence electrons. The van der Waals surface area contributed by atoms with Gasteiger partial charge in [-0.15, -0.1) is 23.5 Å². The first kappa shape index (κ1) is 77.3. The number of esters is 1. The van der Waals surface area contributed by atoms with Crippen LogP contribution in [0.1, 0.15) is 22.2 Å². The van der Waals surface area contributed by atoms with Crippen LogP contribution in [0.3, 0.4) is 0 Å². The molecular weight excluding hydrogens is 1340 g/mol. The first-order valence-corrected chi connectivity index (χ1v) is 34.6. The van der Waals surface area contributed by atoms with E-state index in [0.717, 1.165) is 0 Å². The Morgan fingerprint density at radius 3 is 1.40 bits per heavy atom. The van der Waals surface area contributed by atoms with Crippen LogP contribution in [0.5, 0.6) is 0 Å². The number of phosphoric acid groups is 3. The van der Waals surface area contributed by atoms with Crippen molar-refractivity contribution in [3.05, 3.63) is 35.7 Å². The number of carbonyl (C=O) groups is 1. The zero-order chi connectivity index (χ0) is 74.3. The summed E-state index contributed by atoms with van der Waals surface area (Å²) in [5.41, 5.74) is 0. The van der Waals surface area contributed by atoms with Crippen LogP contribution in [0, 0.1) is 12.5 Å². The van der Waals surface area contributed by atoms with Gasteiger partial charge in [-0.25, -0.2) is 11.1 Å². The molecular formula is C49H79B9NO30P3S2-2. The van der Waals surface area contributed by atoms with Crippen molar-refractivity contribution in [2.45, 2.75) is 175 Å². The third-order valence-electron chi connectivity index (χ3n) is 14.6. The van der Waals surface area contributed by atoms with Crippen molar-refractivity contribution < 1.29 is 143 Å². The van der Waals surface area contributed by atoms with Crippen molar-refractivity contribution in [2.75, 3.05) is 88.3 Å². The van der Waals surface area contributed by atoms with Crippen molar-refractivity contribution in [3.63, 3.8) is 0 Å². The summed E-state index contributed by atoms with van der Waals surface area (Å²) in [5, 5.41) is 29.5. The van der Waals surface area contributed by atoms with Gasteiger partial charge in [0.1, 0.15) is 139 Å². The van der Waals surface area contributed by atoms with Gasteiger partial charge in [-0.3, -0.25) is 27.5 Å². The van der Waals surface area contributed by atoms with Gasteiger partial charge in [0, 0.05) is 103 Å². The molecule has 27 atom stereocenters. The second-order valence-electron chi connectivity index (χ2n) is 21.1. The summed E-state index contributed by atoms with van der Waals surface area (Å²) in [7, 11) is 27.0. The Labute approximate surface area is 576 Å². The number of phosphoric ester groups is 3. The molecule has 7 heterocycles. The third-order valence-corrected chi connectivity index (χ3v) is 20.5. The van der Waals surface area contributed by atoms with Gasteiger partial charge in [0.2, 0.25) is 6.54 Å². The molecule has 1 aromatic carbocycles. The topological polar surface area (TPSA) is 373 Å². The van der Waals surface area contributed by atoms with Crippen LogP contribution in [0.2, 0.25) is 0 Å². The summed E-state index contributed by atoms with van der Waals surface area (Å²) in [4.78, 5) is 41.7. The first-order chi connectivity index (χ1) is 46.7. The lowest BCUT2D eigenvalue weighted by Crippen LogP contribution is -2.40. The highest BCUT2D eigenvalue weighted by atomic mass is 32.2. The molecule has 0 spiro atoms. The molecule has 45 heteroatoms. The lowest BCUT2D eigenvalue weighted by Gasteiger charge is -2.32. The number of nitrogens with zero attached hydrogens (tertiary/aromatic N) is 1. The number of methoxy groups -OCH3 is 5. The van der Waals surface area contributed by atoms with Crippen LogP contribution in [0.15, 0.2) is 34.1 Å². The lowest BCUT2D eigenvalue weighted by atomic mass is 9.88. The van der Waals surface area contributed by atoms with Crippen LogP contribution in [-0.2, 0) is 116 Å². The minimum absolute atomic E-state index is 0. The normalized spacial score (nSPS) is 38.4. The number of aliphatic hydroxyl groups excluding tert-OH is 3. The number of hydrogen-bond acceptors (Lipinski definition) is 32. The maximum atomic E-state index is 13.5. The predicted octanol–water partition coefficient (Wildman–Crippen LogP) is -4.18. The minimum Gasteiger partial charge on any atom is -0.756 e. The number of thioether (sulfide) groups is 2. The van der Waals surface area contributed by atoms with E-state index in [4.69, 9.17) is 158 Å². The molecule has 3 N–H and O–H groups in total. The summed E-state index contributed by atoms with van der Waals surface area (Å²) in [6, 6.07) is 2.25. The van der Waals surface area contributed by atoms with E-state index in [0.29, 0.717) is 4.58 Å². The largest absolute Gasteiger partial charge is 0.756 e. The van der Waals surface area contributed by atoms with E-state index in [1.807, 2.05) is 23.5 Å². The molecule has 0 bridgehead atoms. The Morgan fingerprint density at radius 1 is 0.617 bits per heavy atom. The van der Waals surface area contributed by atoms with Gasteiger partial charge < -0.3 is 114 Å². The smallest absolute Gasteiger partial charge is 0.475 e. The Bertz CT molecular complexity index is 2740. The summed E-state index contributed by atoms with van der Waals surface area (Å²) < 4.78 is 181. The van der Waals surface area contributed by atoms with Crippen molar-refractivity contribution in [1.29, 1.82) is 6.68 Å². The van der Waals surface area contributed by atoms with E-state index in [1.165, 1.54) is 52.3 Å². The van der Waals surface area contributed by atoms with E-state index in [-0.39, 0.29) is 41.0 Å². The highest BCUT2D eigenvalue weighted by Gasteiger charge is 2.51. The van der Waals surface area contributed by atoms with Crippen molar-refractivity contribution >= 4 is 124 Å². The van der Waals surface area contributed by atoms with Gasteiger partial charge >= 0.3 is 13.8 Å². The zero-order valence-corrected chi connectivity index (χ0v) is 56.9. The van der Waals surface area contributed by atoms with E-state index < -0.39 is 204 Å². The van der Waals surface area contributed by atoms with Crippen molar-refractivity contribution in [3.8, 4) is 0 Å². The van der Waals surface area contributed by atoms with Crippen LogP contribution >= 0.6 is 47.0 Å². The van der Waals surface area contributed by atoms with Gasteiger partial charge in [-0.2, -0.15) is 0 Å². The predicted molar refractivity (Wildman–Crippen MR) is 343 cm³/mol. The number of aliphatic hydroxyl groups is 3. The molecule has 7 aliphatic rings. The molecule has 0 saturated carbocycles. The molecule has 6 saturated heterocycles. The summed E-state index contributed by atoms with van der Waals surface area (Å²) in [6.45, 7) is 10.3. The SMILES string of the molecule is CC1Sc2ccccc2S1.[2H]B([3H])O[C@H]1C(OP(=O)(OCC[N+]#[C-])OC[C@H]2O[C@@H]([B])[C@@H](OC(C)=O)C2C)[C@@H](COC)O[C@H]1[B].[2H]B([3H])O[C@H]1C(OP(=O)([O-])OC[C@H]2O[C@@H]([B])[C@@H](O)C2OC)[C@@H](COC)O[C@H]1[B].[2H][B].[3HH].[B][C@@H]1O[C@H](COP(=O)([O-])OC2[C@@H](COC)O[C@@H]([B])[C@H]2O)C(OC)[C@@H]1O. The lowest BCUT2D eigenvalue weighted by molar-refractivity contribution is -0.237. The Kier molecular flexibility index (Phi) is 33.5. The second kappa shape index (κ2) is 40.7. The quantitative estimate of drug-likeness (QED) is 0.0209.